The van der Waals surface area contributed by atoms with Crippen molar-refractivity contribution in [1.82, 2.24) is 9.97 Å². The number of nitrogens with one attached hydrogen (secondary N) is 2. The summed E-state index contributed by atoms with van der Waals surface area (Å²) in [5.74, 6) is 0.750. The number of aromatic amines is 1. The normalized spacial score (nSPS) is 12.9. The molecular formula is C24H22N4O. The molecule has 0 atom stereocenters. The number of amides is 1. The smallest absolute Gasteiger partial charge is 0.258 e. The lowest BCUT2D eigenvalue weighted by atomic mass is 10.1. The minimum Gasteiger partial charge on any atom is -0.370 e. The number of pyridine rings is 1. The molecule has 5 nitrogen and oxygen atoms in total. The summed E-state index contributed by atoms with van der Waals surface area (Å²) >= 11 is 0. The summed E-state index contributed by atoms with van der Waals surface area (Å²) in [7, 11) is 0. The van der Waals surface area contributed by atoms with Crippen LogP contribution < -0.4 is 10.2 Å². The second-order valence-electron chi connectivity index (χ2n) is 7.30. The molecule has 0 spiro atoms. The van der Waals surface area contributed by atoms with Crippen molar-refractivity contribution in [3.8, 4) is 0 Å². The van der Waals surface area contributed by atoms with Crippen LogP contribution in [0, 0.1) is 0 Å². The van der Waals surface area contributed by atoms with Gasteiger partial charge < -0.3 is 15.2 Å². The molecule has 1 aliphatic heterocycles. The number of carbonyl (C=O) groups excluding carboxylic acids is 1. The highest BCUT2D eigenvalue weighted by Crippen LogP contribution is 2.29. The van der Waals surface area contributed by atoms with Gasteiger partial charge >= 0.3 is 0 Å². The molecule has 144 valence electrons. The first-order valence-electron chi connectivity index (χ1n) is 9.94. The van der Waals surface area contributed by atoms with Crippen LogP contribution in [0.3, 0.4) is 0 Å². The Balaban J connectivity index is 1.27. The highest BCUT2D eigenvalue weighted by atomic mass is 16.2. The summed E-state index contributed by atoms with van der Waals surface area (Å²) in [6.45, 7) is 1.48. The number of rotatable bonds is 5. The average Bonchev–Trinajstić information content (AvgIpc) is 3.38. The van der Waals surface area contributed by atoms with Gasteiger partial charge in [0, 0.05) is 47.6 Å². The highest BCUT2D eigenvalue weighted by molar-refractivity contribution is 6.07. The Morgan fingerprint density at radius 1 is 1.10 bits per heavy atom. The fourth-order valence-corrected chi connectivity index (χ4v) is 4.03. The summed E-state index contributed by atoms with van der Waals surface area (Å²) in [5.41, 5.74) is 5.33. The van der Waals surface area contributed by atoms with Crippen molar-refractivity contribution in [3.63, 3.8) is 0 Å². The molecule has 3 heterocycles. The van der Waals surface area contributed by atoms with Crippen molar-refractivity contribution >= 4 is 28.3 Å². The molecule has 5 rings (SSSR count). The summed E-state index contributed by atoms with van der Waals surface area (Å²) < 4.78 is 0. The maximum Gasteiger partial charge on any atom is 0.258 e. The number of hydrogen-bond acceptors (Lipinski definition) is 3. The summed E-state index contributed by atoms with van der Waals surface area (Å²) in [6.07, 6.45) is 5.54. The molecule has 0 unspecified atom stereocenters. The molecular weight excluding hydrogens is 360 g/mol. The van der Waals surface area contributed by atoms with E-state index in [1.54, 1.807) is 12.3 Å². The van der Waals surface area contributed by atoms with Gasteiger partial charge in [-0.2, -0.15) is 0 Å². The Kier molecular flexibility index (Phi) is 4.48. The van der Waals surface area contributed by atoms with E-state index in [0.29, 0.717) is 5.56 Å². The van der Waals surface area contributed by atoms with Gasteiger partial charge in [-0.25, -0.2) is 4.98 Å². The fourth-order valence-electron chi connectivity index (χ4n) is 4.03. The molecule has 4 aromatic rings. The lowest BCUT2D eigenvalue weighted by Gasteiger charge is -2.17. The molecule has 2 N–H and O–H groups in total. The van der Waals surface area contributed by atoms with Crippen LogP contribution in [0.25, 0.3) is 10.9 Å². The van der Waals surface area contributed by atoms with Gasteiger partial charge in [-0.05, 0) is 48.2 Å². The highest BCUT2D eigenvalue weighted by Gasteiger charge is 2.25. The monoisotopic (exact) mass is 382 g/mol. The number of aromatic nitrogens is 2. The van der Waals surface area contributed by atoms with Gasteiger partial charge in [-0.15, -0.1) is 0 Å². The zero-order valence-electron chi connectivity index (χ0n) is 16.1. The summed E-state index contributed by atoms with van der Waals surface area (Å²) in [4.78, 5) is 22.6. The molecule has 0 radical (unpaired) electrons. The van der Waals surface area contributed by atoms with E-state index in [-0.39, 0.29) is 5.91 Å². The van der Waals surface area contributed by atoms with E-state index in [2.05, 4.69) is 45.7 Å². The molecule has 1 aliphatic rings. The van der Waals surface area contributed by atoms with Crippen LogP contribution in [-0.4, -0.2) is 29.0 Å². The van der Waals surface area contributed by atoms with Crippen LogP contribution in [0.4, 0.5) is 11.5 Å². The van der Waals surface area contributed by atoms with Crippen LogP contribution in [0.2, 0.25) is 0 Å². The maximum atomic E-state index is 13.0. The third kappa shape index (κ3) is 3.36. The van der Waals surface area contributed by atoms with E-state index in [1.807, 2.05) is 35.2 Å². The number of fused-ring (bicyclic) bond motifs is 2. The minimum absolute atomic E-state index is 0.0250. The first-order chi connectivity index (χ1) is 14.3. The SMILES string of the molecule is O=C(c1ccnc(NCCc2c[nH]c3ccccc23)c1)N1CCc2ccccc21. The predicted octanol–water partition coefficient (Wildman–Crippen LogP) is 4.42. The molecule has 0 bridgehead atoms. The molecule has 0 aliphatic carbocycles. The van der Waals surface area contributed by atoms with Crippen LogP contribution in [0.5, 0.6) is 0 Å². The first-order valence-corrected chi connectivity index (χ1v) is 9.94. The van der Waals surface area contributed by atoms with Gasteiger partial charge in [0.15, 0.2) is 0 Å². The van der Waals surface area contributed by atoms with Crippen molar-refractivity contribution in [3.05, 3.63) is 89.7 Å². The summed E-state index contributed by atoms with van der Waals surface area (Å²) in [5, 5.41) is 4.61. The van der Waals surface area contributed by atoms with Crippen LogP contribution in [-0.2, 0) is 12.8 Å². The molecule has 0 saturated carbocycles. The van der Waals surface area contributed by atoms with E-state index in [4.69, 9.17) is 0 Å². The lowest BCUT2D eigenvalue weighted by molar-refractivity contribution is 0.0989. The number of benzene rings is 2. The van der Waals surface area contributed by atoms with Crippen molar-refractivity contribution in [1.29, 1.82) is 0 Å². The van der Waals surface area contributed by atoms with Gasteiger partial charge in [-0.3, -0.25) is 4.79 Å². The van der Waals surface area contributed by atoms with E-state index in [9.17, 15) is 4.79 Å². The molecule has 1 amide bonds. The average molecular weight is 382 g/mol. The third-order valence-electron chi connectivity index (χ3n) is 5.51. The molecule has 0 fully saturated rings. The van der Waals surface area contributed by atoms with Gasteiger partial charge in [-0.1, -0.05) is 36.4 Å². The Labute approximate surface area is 169 Å². The van der Waals surface area contributed by atoms with E-state index < -0.39 is 0 Å². The minimum atomic E-state index is 0.0250. The Morgan fingerprint density at radius 3 is 2.93 bits per heavy atom. The zero-order chi connectivity index (χ0) is 19.6. The van der Waals surface area contributed by atoms with Crippen molar-refractivity contribution in [2.75, 3.05) is 23.3 Å². The van der Waals surface area contributed by atoms with E-state index in [1.165, 1.54) is 16.5 Å². The van der Waals surface area contributed by atoms with Crippen LogP contribution in [0.1, 0.15) is 21.5 Å². The van der Waals surface area contributed by atoms with Gasteiger partial charge in [0.2, 0.25) is 0 Å². The Bertz CT molecular complexity index is 1180. The quantitative estimate of drug-likeness (QED) is 0.537. The van der Waals surface area contributed by atoms with Gasteiger partial charge in [0.25, 0.3) is 5.91 Å². The maximum absolute atomic E-state index is 13.0. The number of para-hydroxylation sites is 2. The molecule has 2 aromatic heterocycles. The molecule has 29 heavy (non-hydrogen) atoms. The van der Waals surface area contributed by atoms with Crippen LogP contribution in [0.15, 0.2) is 73.1 Å². The largest absolute Gasteiger partial charge is 0.370 e. The Morgan fingerprint density at radius 2 is 1.97 bits per heavy atom. The second-order valence-corrected chi connectivity index (χ2v) is 7.30. The Hall–Kier alpha value is -3.60. The van der Waals surface area contributed by atoms with Crippen LogP contribution >= 0.6 is 0 Å². The second kappa shape index (κ2) is 7.43. The number of carbonyl (C=O) groups is 1. The predicted molar refractivity (Wildman–Crippen MR) is 117 cm³/mol. The molecule has 2 aromatic carbocycles. The number of hydrogen-bond donors (Lipinski definition) is 2. The zero-order valence-corrected chi connectivity index (χ0v) is 16.1. The first kappa shape index (κ1) is 17.5. The number of nitrogens with zero attached hydrogens (tertiary/aromatic N) is 2. The van der Waals surface area contributed by atoms with E-state index >= 15 is 0 Å². The lowest BCUT2D eigenvalue weighted by Crippen LogP contribution is -2.29. The topological polar surface area (TPSA) is 61.0 Å². The fraction of sp³-hybridized carbons (Fsp3) is 0.167. The van der Waals surface area contributed by atoms with Gasteiger partial charge in [0.05, 0.1) is 0 Å². The number of H-pyrrole nitrogens is 1. The molecule has 0 saturated heterocycles. The standard InChI is InChI=1S/C24H22N4O/c29-24(28-14-11-17-5-1-4-8-22(17)28)18-9-12-25-23(15-18)26-13-10-19-16-27-21-7-3-2-6-20(19)21/h1-9,12,15-16,27H,10-11,13-14H2,(H,25,26). The number of anilines is 2. The third-order valence-corrected chi connectivity index (χ3v) is 5.51. The van der Waals surface area contributed by atoms with Gasteiger partial charge in [0.1, 0.15) is 5.82 Å². The van der Waals surface area contributed by atoms with E-state index in [0.717, 1.165) is 43.0 Å². The van der Waals surface area contributed by atoms with Crippen molar-refractivity contribution in [2.24, 2.45) is 0 Å². The van der Waals surface area contributed by atoms with Crippen molar-refractivity contribution in [2.45, 2.75) is 12.8 Å². The molecule has 5 heteroatoms. The van der Waals surface area contributed by atoms with Crippen molar-refractivity contribution < 1.29 is 4.79 Å². The summed E-state index contributed by atoms with van der Waals surface area (Å²) in [6, 6.07) is 20.0.